The van der Waals surface area contributed by atoms with Crippen LogP contribution in [-0.4, -0.2) is 49.1 Å². The van der Waals surface area contributed by atoms with Gasteiger partial charge in [0.05, 0.1) is 13.2 Å². The molecule has 0 aliphatic carbocycles. The maximum absolute atomic E-state index is 12.3. The number of nitrogens with one attached hydrogen (secondary N) is 1. The van der Waals surface area contributed by atoms with Crippen LogP contribution in [0, 0.1) is 11.8 Å². The zero-order chi connectivity index (χ0) is 14.8. The lowest BCUT2D eigenvalue weighted by atomic mass is 9.90. The van der Waals surface area contributed by atoms with Crippen molar-refractivity contribution in [1.29, 1.82) is 0 Å². The smallest absolute Gasteiger partial charge is 0.317 e. The summed E-state index contributed by atoms with van der Waals surface area (Å²) in [5, 5.41) is 3.08. The van der Waals surface area contributed by atoms with Crippen molar-refractivity contribution in [2.45, 2.75) is 52.4 Å². The van der Waals surface area contributed by atoms with E-state index in [0.29, 0.717) is 25.7 Å². The molecule has 2 aliphatic heterocycles. The predicted octanol–water partition coefficient (Wildman–Crippen LogP) is 2.22. The van der Waals surface area contributed by atoms with Crippen LogP contribution >= 0.6 is 0 Å². The quantitative estimate of drug-likeness (QED) is 0.864. The minimum absolute atomic E-state index is 0.0393. The highest BCUT2D eigenvalue weighted by Gasteiger charge is 2.42. The number of ether oxygens (including phenoxy) is 2. The van der Waals surface area contributed by atoms with Crippen LogP contribution in [0.15, 0.2) is 0 Å². The summed E-state index contributed by atoms with van der Waals surface area (Å²) in [7, 11) is 0. The zero-order valence-corrected chi connectivity index (χ0v) is 13.1. The molecular formula is C15H28N2O3. The average molecular weight is 284 g/mol. The molecule has 2 saturated heterocycles. The molecule has 116 valence electrons. The summed E-state index contributed by atoms with van der Waals surface area (Å²) in [6, 6.07) is 0.231. The molecule has 0 aromatic carbocycles. The Kier molecular flexibility index (Phi) is 4.91. The maximum Gasteiger partial charge on any atom is 0.317 e. The molecule has 0 spiro atoms. The van der Waals surface area contributed by atoms with Crippen LogP contribution in [0.5, 0.6) is 0 Å². The number of amides is 2. The lowest BCUT2D eigenvalue weighted by molar-refractivity contribution is -0.189. The van der Waals surface area contributed by atoms with Gasteiger partial charge < -0.3 is 19.7 Å². The molecule has 0 bridgehead atoms. The summed E-state index contributed by atoms with van der Waals surface area (Å²) in [5.74, 6) is 0.195. The molecule has 5 heteroatoms. The molecular weight excluding hydrogens is 256 g/mol. The molecule has 0 saturated carbocycles. The highest BCUT2D eigenvalue weighted by molar-refractivity contribution is 5.74. The minimum atomic E-state index is -0.511. The van der Waals surface area contributed by atoms with E-state index in [1.807, 2.05) is 11.8 Å². The number of piperidine rings is 1. The Morgan fingerprint density at radius 2 is 1.95 bits per heavy atom. The molecule has 2 rings (SSSR count). The Morgan fingerprint density at radius 3 is 2.55 bits per heavy atom. The summed E-state index contributed by atoms with van der Waals surface area (Å²) in [5.41, 5.74) is 0. The molecule has 0 aromatic heterocycles. The highest BCUT2D eigenvalue weighted by atomic mass is 16.7. The van der Waals surface area contributed by atoms with Gasteiger partial charge in [-0.3, -0.25) is 0 Å². The molecule has 0 radical (unpaired) electrons. The number of nitrogens with zero attached hydrogens (tertiary/aromatic N) is 1. The SMILES string of the molecule is CC(C)[C@H](C)NC(=O)N1CCC[C@H](C2(C)OCCO2)C1. The Balaban J connectivity index is 1.91. The van der Waals surface area contributed by atoms with Gasteiger partial charge >= 0.3 is 6.03 Å². The second kappa shape index (κ2) is 6.31. The van der Waals surface area contributed by atoms with E-state index in [1.165, 1.54) is 0 Å². The summed E-state index contributed by atoms with van der Waals surface area (Å²) in [6.45, 7) is 11.1. The minimum Gasteiger partial charge on any atom is -0.347 e. The van der Waals surface area contributed by atoms with Crippen molar-refractivity contribution in [2.75, 3.05) is 26.3 Å². The number of hydrogen-bond acceptors (Lipinski definition) is 3. The summed E-state index contributed by atoms with van der Waals surface area (Å²) < 4.78 is 11.5. The predicted molar refractivity (Wildman–Crippen MR) is 77.4 cm³/mol. The Hall–Kier alpha value is -0.810. The molecule has 0 aromatic rings. The number of rotatable bonds is 3. The van der Waals surface area contributed by atoms with Gasteiger partial charge in [0.2, 0.25) is 0 Å². The topological polar surface area (TPSA) is 50.8 Å². The van der Waals surface area contributed by atoms with E-state index in [1.54, 1.807) is 0 Å². The third kappa shape index (κ3) is 3.44. The van der Waals surface area contributed by atoms with Gasteiger partial charge in [-0.25, -0.2) is 4.79 Å². The van der Waals surface area contributed by atoms with E-state index in [-0.39, 0.29) is 18.0 Å². The number of carbonyl (C=O) groups excluding carboxylic acids is 1. The molecule has 0 unspecified atom stereocenters. The van der Waals surface area contributed by atoms with E-state index < -0.39 is 5.79 Å². The third-order valence-corrected chi connectivity index (χ3v) is 4.66. The normalized spacial score (nSPS) is 27.6. The second-order valence-corrected chi connectivity index (χ2v) is 6.48. The standard InChI is InChI=1S/C15H28N2O3/c1-11(2)12(3)16-14(18)17-7-5-6-13(10-17)15(4)19-8-9-20-15/h11-13H,5-10H2,1-4H3,(H,16,18)/t12-,13-/m0/s1. The van der Waals surface area contributed by atoms with Gasteiger partial charge in [0, 0.05) is 25.0 Å². The van der Waals surface area contributed by atoms with E-state index in [2.05, 4.69) is 26.1 Å². The van der Waals surface area contributed by atoms with Gasteiger partial charge in [-0.05, 0) is 32.6 Å². The zero-order valence-electron chi connectivity index (χ0n) is 13.1. The summed E-state index contributed by atoms with van der Waals surface area (Å²) in [4.78, 5) is 14.2. The van der Waals surface area contributed by atoms with Crippen LogP contribution in [0.3, 0.4) is 0 Å². The van der Waals surface area contributed by atoms with Crippen LogP contribution in [-0.2, 0) is 9.47 Å². The van der Waals surface area contributed by atoms with Gasteiger partial charge in [-0.15, -0.1) is 0 Å². The van der Waals surface area contributed by atoms with E-state index >= 15 is 0 Å². The number of hydrogen-bond donors (Lipinski definition) is 1. The largest absolute Gasteiger partial charge is 0.347 e. The lowest BCUT2D eigenvalue weighted by Crippen LogP contribution is -2.53. The molecule has 20 heavy (non-hydrogen) atoms. The molecule has 5 nitrogen and oxygen atoms in total. The first-order valence-electron chi connectivity index (χ1n) is 7.76. The van der Waals surface area contributed by atoms with Crippen LogP contribution in [0.2, 0.25) is 0 Å². The Bertz CT molecular complexity index is 340. The molecule has 2 fully saturated rings. The molecule has 2 heterocycles. The first-order chi connectivity index (χ1) is 9.42. The Morgan fingerprint density at radius 1 is 1.30 bits per heavy atom. The molecule has 1 N–H and O–H groups in total. The van der Waals surface area contributed by atoms with Crippen molar-refractivity contribution in [1.82, 2.24) is 10.2 Å². The van der Waals surface area contributed by atoms with Crippen LogP contribution in [0.1, 0.15) is 40.5 Å². The molecule has 2 atom stereocenters. The average Bonchev–Trinajstić information content (AvgIpc) is 2.87. The van der Waals surface area contributed by atoms with E-state index in [4.69, 9.17) is 9.47 Å². The maximum atomic E-state index is 12.3. The van der Waals surface area contributed by atoms with Crippen molar-refractivity contribution in [3.8, 4) is 0 Å². The number of urea groups is 1. The lowest BCUT2D eigenvalue weighted by Gasteiger charge is -2.40. The fourth-order valence-electron chi connectivity index (χ4n) is 2.81. The summed E-state index contributed by atoms with van der Waals surface area (Å²) >= 11 is 0. The monoisotopic (exact) mass is 284 g/mol. The first-order valence-corrected chi connectivity index (χ1v) is 7.76. The highest BCUT2D eigenvalue weighted by Crippen LogP contribution is 2.34. The first kappa shape index (κ1) is 15.6. The Labute approximate surface area is 122 Å². The summed E-state index contributed by atoms with van der Waals surface area (Å²) in [6.07, 6.45) is 2.07. The van der Waals surface area contributed by atoms with E-state index in [0.717, 1.165) is 19.4 Å². The number of likely N-dealkylation sites (tertiary alicyclic amines) is 1. The van der Waals surface area contributed by atoms with Crippen molar-refractivity contribution < 1.29 is 14.3 Å². The van der Waals surface area contributed by atoms with Crippen LogP contribution < -0.4 is 5.32 Å². The van der Waals surface area contributed by atoms with Gasteiger partial charge in [-0.2, -0.15) is 0 Å². The number of carbonyl (C=O) groups is 1. The van der Waals surface area contributed by atoms with Crippen LogP contribution in [0.4, 0.5) is 4.79 Å². The van der Waals surface area contributed by atoms with Crippen LogP contribution in [0.25, 0.3) is 0 Å². The van der Waals surface area contributed by atoms with Crippen molar-refractivity contribution in [2.24, 2.45) is 11.8 Å². The van der Waals surface area contributed by atoms with Gasteiger partial charge in [-0.1, -0.05) is 13.8 Å². The van der Waals surface area contributed by atoms with Gasteiger partial charge in [0.25, 0.3) is 0 Å². The second-order valence-electron chi connectivity index (χ2n) is 6.48. The van der Waals surface area contributed by atoms with Gasteiger partial charge in [0.1, 0.15) is 0 Å². The van der Waals surface area contributed by atoms with Crippen molar-refractivity contribution >= 4 is 6.03 Å². The van der Waals surface area contributed by atoms with E-state index in [9.17, 15) is 4.79 Å². The third-order valence-electron chi connectivity index (χ3n) is 4.66. The van der Waals surface area contributed by atoms with Gasteiger partial charge in [0.15, 0.2) is 5.79 Å². The fraction of sp³-hybridized carbons (Fsp3) is 0.933. The molecule has 2 amide bonds. The molecule has 2 aliphatic rings. The fourth-order valence-corrected chi connectivity index (χ4v) is 2.81. The van der Waals surface area contributed by atoms with Crippen molar-refractivity contribution in [3.63, 3.8) is 0 Å². The van der Waals surface area contributed by atoms with Crippen molar-refractivity contribution in [3.05, 3.63) is 0 Å².